The molecule has 6 heteroatoms. The summed E-state index contributed by atoms with van der Waals surface area (Å²) in [7, 11) is 0. The third-order valence-electron chi connectivity index (χ3n) is 2.76. The molecule has 1 aliphatic carbocycles. The predicted molar refractivity (Wildman–Crippen MR) is 62.7 cm³/mol. The zero-order valence-corrected chi connectivity index (χ0v) is 9.33. The van der Waals surface area contributed by atoms with E-state index in [1.54, 1.807) is 18.3 Å². The Morgan fingerprint density at radius 1 is 1.53 bits per heavy atom. The summed E-state index contributed by atoms with van der Waals surface area (Å²) in [6.07, 6.45) is 4.89. The first-order chi connectivity index (χ1) is 8.27. The van der Waals surface area contributed by atoms with Crippen LogP contribution < -0.4 is 5.43 Å². The standard InChI is InChI=1S/C11H14N4O2/c16-11(17)8-4-1-2-5-9(8)13-15-10-6-3-7-12-14-10/h3,6-8H,1-2,4-5H2,(H,14,15)(H,16,17)/b13-9-. The van der Waals surface area contributed by atoms with Gasteiger partial charge in [0.1, 0.15) is 0 Å². The number of hydrogen-bond donors (Lipinski definition) is 2. The molecule has 1 aliphatic rings. The van der Waals surface area contributed by atoms with E-state index in [0.29, 0.717) is 18.0 Å². The molecule has 0 bridgehead atoms. The van der Waals surface area contributed by atoms with Crippen molar-refractivity contribution < 1.29 is 9.90 Å². The van der Waals surface area contributed by atoms with Crippen molar-refractivity contribution in [3.8, 4) is 0 Å². The average Bonchev–Trinajstić information content (AvgIpc) is 2.38. The minimum atomic E-state index is -0.801. The molecule has 1 aromatic rings. The van der Waals surface area contributed by atoms with E-state index in [1.807, 2.05) is 0 Å². The molecular weight excluding hydrogens is 220 g/mol. The van der Waals surface area contributed by atoms with Crippen LogP contribution in [0.25, 0.3) is 0 Å². The molecular formula is C11H14N4O2. The van der Waals surface area contributed by atoms with Crippen LogP contribution in [-0.4, -0.2) is 27.0 Å². The summed E-state index contributed by atoms with van der Waals surface area (Å²) in [5, 5.41) is 20.7. The summed E-state index contributed by atoms with van der Waals surface area (Å²) in [5.74, 6) is -0.743. The lowest BCUT2D eigenvalue weighted by Gasteiger charge is -2.20. The molecule has 6 nitrogen and oxygen atoms in total. The largest absolute Gasteiger partial charge is 0.481 e. The average molecular weight is 234 g/mol. The second-order valence-corrected chi connectivity index (χ2v) is 3.96. The molecule has 2 N–H and O–H groups in total. The lowest BCUT2D eigenvalue weighted by molar-refractivity contribution is -0.139. The maximum atomic E-state index is 11.0. The number of rotatable bonds is 3. The number of aromatic nitrogens is 2. The second kappa shape index (κ2) is 5.38. The minimum absolute atomic E-state index is 0.465. The van der Waals surface area contributed by atoms with Crippen molar-refractivity contribution in [1.29, 1.82) is 0 Å². The van der Waals surface area contributed by atoms with Gasteiger partial charge in [0.2, 0.25) is 0 Å². The molecule has 17 heavy (non-hydrogen) atoms. The van der Waals surface area contributed by atoms with E-state index in [9.17, 15) is 4.79 Å². The summed E-state index contributed by atoms with van der Waals surface area (Å²) >= 11 is 0. The van der Waals surface area contributed by atoms with Gasteiger partial charge >= 0.3 is 5.97 Å². The lowest BCUT2D eigenvalue weighted by Crippen LogP contribution is -2.27. The summed E-state index contributed by atoms with van der Waals surface area (Å²) in [5.41, 5.74) is 3.44. The molecule has 90 valence electrons. The summed E-state index contributed by atoms with van der Waals surface area (Å²) in [6, 6.07) is 3.47. The summed E-state index contributed by atoms with van der Waals surface area (Å²) in [4.78, 5) is 11.0. The van der Waals surface area contributed by atoms with Crippen molar-refractivity contribution in [2.45, 2.75) is 25.7 Å². The minimum Gasteiger partial charge on any atom is -0.481 e. The van der Waals surface area contributed by atoms with Crippen LogP contribution in [0.15, 0.2) is 23.4 Å². The fourth-order valence-electron chi connectivity index (χ4n) is 1.89. The summed E-state index contributed by atoms with van der Waals surface area (Å²) in [6.45, 7) is 0. The maximum Gasteiger partial charge on any atom is 0.312 e. The van der Waals surface area contributed by atoms with Crippen LogP contribution in [0.5, 0.6) is 0 Å². The molecule has 1 unspecified atom stereocenters. The predicted octanol–water partition coefficient (Wildman–Crippen LogP) is 1.52. The Kier molecular flexibility index (Phi) is 3.64. The Labute approximate surface area is 98.8 Å². The molecule has 2 rings (SSSR count). The first-order valence-corrected chi connectivity index (χ1v) is 5.60. The van der Waals surface area contributed by atoms with Crippen LogP contribution in [0.2, 0.25) is 0 Å². The normalized spacial score (nSPS) is 22.4. The number of nitrogens with zero attached hydrogens (tertiary/aromatic N) is 3. The van der Waals surface area contributed by atoms with E-state index in [2.05, 4.69) is 20.7 Å². The number of aliphatic carboxylic acids is 1. The van der Waals surface area contributed by atoms with Crippen molar-refractivity contribution in [2.24, 2.45) is 11.0 Å². The molecule has 0 spiro atoms. The van der Waals surface area contributed by atoms with Gasteiger partial charge in [0.15, 0.2) is 5.82 Å². The maximum absolute atomic E-state index is 11.0. The molecule has 1 saturated carbocycles. The van der Waals surface area contributed by atoms with Gasteiger partial charge in [0, 0.05) is 6.20 Å². The molecule has 0 aliphatic heterocycles. The fraction of sp³-hybridized carbons (Fsp3) is 0.455. The van der Waals surface area contributed by atoms with E-state index in [-0.39, 0.29) is 0 Å². The number of nitrogens with one attached hydrogen (secondary N) is 1. The van der Waals surface area contributed by atoms with Crippen molar-refractivity contribution in [3.05, 3.63) is 18.3 Å². The number of hydrazone groups is 1. The topological polar surface area (TPSA) is 87.5 Å². The Hall–Kier alpha value is -1.98. The van der Waals surface area contributed by atoms with Gasteiger partial charge in [-0.25, -0.2) is 0 Å². The number of hydrogen-bond acceptors (Lipinski definition) is 5. The van der Waals surface area contributed by atoms with Gasteiger partial charge < -0.3 is 5.11 Å². The van der Waals surface area contributed by atoms with Crippen LogP contribution >= 0.6 is 0 Å². The number of anilines is 1. The highest BCUT2D eigenvalue weighted by Gasteiger charge is 2.26. The van der Waals surface area contributed by atoms with Gasteiger partial charge in [-0.15, -0.1) is 5.10 Å². The Bertz CT molecular complexity index is 419. The number of carbonyl (C=O) groups is 1. The van der Waals surface area contributed by atoms with Crippen LogP contribution in [0.3, 0.4) is 0 Å². The smallest absolute Gasteiger partial charge is 0.312 e. The molecule has 1 aromatic heterocycles. The Balaban J connectivity index is 2.06. The zero-order chi connectivity index (χ0) is 12.1. The van der Waals surface area contributed by atoms with Crippen molar-refractivity contribution >= 4 is 17.5 Å². The first kappa shape index (κ1) is 11.5. The molecule has 1 fully saturated rings. The Morgan fingerprint density at radius 2 is 2.41 bits per heavy atom. The molecule has 0 amide bonds. The zero-order valence-electron chi connectivity index (χ0n) is 9.33. The van der Waals surface area contributed by atoms with Crippen LogP contribution in [0.4, 0.5) is 5.82 Å². The van der Waals surface area contributed by atoms with E-state index in [1.165, 1.54) is 0 Å². The number of carboxylic acid groups (broad SMARTS) is 1. The highest BCUT2D eigenvalue weighted by Crippen LogP contribution is 2.22. The lowest BCUT2D eigenvalue weighted by atomic mass is 9.87. The van der Waals surface area contributed by atoms with Gasteiger partial charge in [-0.2, -0.15) is 10.2 Å². The van der Waals surface area contributed by atoms with Crippen LogP contribution in [0.1, 0.15) is 25.7 Å². The highest BCUT2D eigenvalue weighted by molar-refractivity contribution is 6.02. The van der Waals surface area contributed by atoms with E-state index < -0.39 is 11.9 Å². The third kappa shape index (κ3) is 2.99. The van der Waals surface area contributed by atoms with Gasteiger partial charge in [-0.3, -0.25) is 10.2 Å². The third-order valence-corrected chi connectivity index (χ3v) is 2.76. The molecule has 1 atom stereocenters. The molecule has 0 saturated heterocycles. The first-order valence-electron chi connectivity index (χ1n) is 5.60. The molecule has 0 aromatic carbocycles. The van der Waals surface area contributed by atoms with Crippen LogP contribution in [-0.2, 0) is 4.79 Å². The van der Waals surface area contributed by atoms with E-state index in [4.69, 9.17) is 5.11 Å². The fourth-order valence-corrected chi connectivity index (χ4v) is 1.89. The van der Waals surface area contributed by atoms with Crippen molar-refractivity contribution in [1.82, 2.24) is 10.2 Å². The van der Waals surface area contributed by atoms with E-state index in [0.717, 1.165) is 19.3 Å². The molecule has 0 radical (unpaired) electrons. The SMILES string of the molecule is O=C(O)C1CCCC/C1=N/Nc1cccnn1. The van der Waals surface area contributed by atoms with Crippen molar-refractivity contribution in [2.75, 3.05) is 5.43 Å². The quantitative estimate of drug-likeness (QED) is 0.774. The van der Waals surface area contributed by atoms with Gasteiger partial charge in [-0.05, 0) is 31.4 Å². The Morgan fingerprint density at radius 3 is 3.12 bits per heavy atom. The summed E-state index contributed by atoms with van der Waals surface area (Å²) < 4.78 is 0. The van der Waals surface area contributed by atoms with Gasteiger partial charge in [0.05, 0.1) is 11.6 Å². The second-order valence-electron chi connectivity index (χ2n) is 3.96. The van der Waals surface area contributed by atoms with Crippen LogP contribution in [0, 0.1) is 5.92 Å². The van der Waals surface area contributed by atoms with Gasteiger partial charge in [-0.1, -0.05) is 6.42 Å². The highest BCUT2D eigenvalue weighted by atomic mass is 16.4. The van der Waals surface area contributed by atoms with Crippen molar-refractivity contribution in [3.63, 3.8) is 0 Å². The number of carboxylic acids is 1. The monoisotopic (exact) mass is 234 g/mol. The molecule has 1 heterocycles. The van der Waals surface area contributed by atoms with Gasteiger partial charge in [0.25, 0.3) is 0 Å². The van der Waals surface area contributed by atoms with E-state index >= 15 is 0 Å².